The number of hydrogen-bond acceptors (Lipinski definition) is 2. The van der Waals surface area contributed by atoms with Gasteiger partial charge < -0.3 is 9.31 Å². The maximum absolute atomic E-state index is 6.13. The molecule has 0 N–H and O–H groups in total. The van der Waals surface area contributed by atoms with Gasteiger partial charge in [0.2, 0.25) is 0 Å². The summed E-state index contributed by atoms with van der Waals surface area (Å²) >= 11 is 6.13. The smallest absolute Gasteiger partial charge is 0.399 e. The van der Waals surface area contributed by atoms with Crippen LogP contribution in [0, 0.1) is 0 Å². The lowest BCUT2D eigenvalue weighted by Crippen LogP contribution is -2.41. The van der Waals surface area contributed by atoms with Crippen molar-refractivity contribution in [3.63, 3.8) is 0 Å². The van der Waals surface area contributed by atoms with Crippen LogP contribution in [0.15, 0.2) is 24.3 Å². The van der Waals surface area contributed by atoms with Crippen molar-refractivity contribution in [1.29, 1.82) is 0 Å². The Labute approximate surface area is 102 Å². The highest BCUT2D eigenvalue weighted by atomic mass is 35.5. The minimum atomic E-state index is -0.376. The summed E-state index contributed by atoms with van der Waals surface area (Å²) in [5, 5.41) is 0.681. The summed E-state index contributed by atoms with van der Waals surface area (Å²) in [5.41, 5.74) is 0.246. The molecule has 0 amide bonds. The maximum Gasteiger partial charge on any atom is 0.496 e. The van der Waals surface area contributed by atoms with Gasteiger partial charge in [0.05, 0.1) is 11.2 Å². The molecule has 4 heteroatoms. The summed E-state index contributed by atoms with van der Waals surface area (Å²) in [4.78, 5) is 0. The van der Waals surface area contributed by atoms with Crippen molar-refractivity contribution in [3.8, 4) is 0 Å². The third-order valence-corrected chi connectivity index (χ3v) is 3.76. The van der Waals surface area contributed by atoms with E-state index in [-0.39, 0.29) is 18.3 Å². The normalized spacial score (nSPS) is 22.4. The summed E-state index contributed by atoms with van der Waals surface area (Å²) in [7, 11) is -0.376. The van der Waals surface area contributed by atoms with Crippen LogP contribution < -0.4 is 5.46 Å². The minimum Gasteiger partial charge on any atom is -0.399 e. The maximum atomic E-state index is 6.13. The van der Waals surface area contributed by atoms with E-state index in [2.05, 4.69) is 0 Å². The van der Waals surface area contributed by atoms with Crippen molar-refractivity contribution in [3.05, 3.63) is 29.3 Å². The van der Waals surface area contributed by atoms with E-state index in [1.807, 2.05) is 52.0 Å². The van der Waals surface area contributed by atoms with Crippen LogP contribution in [-0.4, -0.2) is 18.3 Å². The SMILES string of the molecule is CC1(C)OB(c2ccccc2Cl)OC1(C)C. The lowest BCUT2D eigenvalue weighted by molar-refractivity contribution is 0.00578. The standard InChI is InChI=1S/C12H16BClO2/c1-11(2)12(3,4)16-13(15-11)9-7-5-6-8-10(9)14/h5-8H,1-4H3. The Morgan fingerprint density at radius 3 is 2.00 bits per heavy atom. The second kappa shape index (κ2) is 3.76. The van der Waals surface area contributed by atoms with E-state index in [0.29, 0.717) is 5.02 Å². The molecule has 1 fully saturated rings. The Morgan fingerprint density at radius 2 is 1.50 bits per heavy atom. The van der Waals surface area contributed by atoms with Crippen LogP contribution in [0.2, 0.25) is 5.02 Å². The third kappa shape index (κ3) is 1.88. The van der Waals surface area contributed by atoms with E-state index in [1.54, 1.807) is 0 Å². The summed E-state index contributed by atoms with van der Waals surface area (Å²) in [6.07, 6.45) is 0. The molecule has 1 aromatic carbocycles. The molecule has 1 aliphatic rings. The fraction of sp³-hybridized carbons (Fsp3) is 0.500. The number of benzene rings is 1. The average molecular weight is 239 g/mol. The molecule has 0 saturated carbocycles. The van der Waals surface area contributed by atoms with E-state index in [0.717, 1.165) is 5.46 Å². The van der Waals surface area contributed by atoms with Gasteiger partial charge >= 0.3 is 7.12 Å². The van der Waals surface area contributed by atoms with Crippen LogP contribution in [0.3, 0.4) is 0 Å². The first-order chi connectivity index (χ1) is 7.33. The first kappa shape index (κ1) is 12.0. The Morgan fingerprint density at radius 1 is 1.00 bits per heavy atom. The Hall–Kier alpha value is -0.505. The van der Waals surface area contributed by atoms with Gasteiger partial charge in [0.25, 0.3) is 0 Å². The Kier molecular flexibility index (Phi) is 2.81. The number of rotatable bonds is 1. The van der Waals surface area contributed by atoms with E-state index in [4.69, 9.17) is 20.9 Å². The van der Waals surface area contributed by atoms with E-state index < -0.39 is 0 Å². The molecule has 1 heterocycles. The predicted octanol–water partition coefficient (Wildman–Crippen LogP) is 2.64. The van der Waals surface area contributed by atoms with Crippen LogP contribution in [0.25, 0.3) is 0 Å². The molecule has 2 nitrogen and oxygen atoms in total. The van der Waals surface area contributed by atoms with Gasteiger partial charge in [-0.1, -0.05) is 29.8 Å². The van der Waals surface area contributed by atoms with Crippen molar-refractivity contribution in [2.45, 2.75) is 38.9 Å². The highest BCUT2D eigenvalue weighted by Gasteiger charge is 2.52. The lowest BCUT2D eigenvalue weighted by Gasteiger charge is -2.32. The molecule has 0 bridgehead atoms. The minimum absolute atomic E-state index is 0.323. The van der Waals surface area contributed by atoms with Gasteiger partial charge in [-0.25, -0.2) is 0 Å². The van der Waals surface area contributed by atoms with Gasteiger partial charge in [-0.2, -0.15) is 0 Å². The third-order valence-electron chi connectivity index (χ3n) is 3.41. The first-order valence-electron chi connectivity index (χ1n) is 5.43. The fourth-order valence-electron chi connectivity index (χ4n) is 1.64. The summed E-state index contributed by atoms with van der Waals surface area (Å²) in [5.74, 6) is 0. The molecule has 1 aromatic rings. The van der Waals surface area contributed by atoms with Crippen molar-refractivity contribution in [1.82, 2.24) is 0 Å². The number of hydrogen-bond donors (Lipinski definition) is 0. The average Bonchev–Trinajstić information content (AvgIpc) is 2.36. The quantitative estimate of drug-likeness (QED) is 0.700. The molecular formula is C12H16BClO2. The first-order valence-corrected chi connectivity index (χ1v) is 5.81. The number of halogens is 1. The molecule has 16 heavy (non-hydrogen) atoms. The van der Waals surface area contributed by atoms with Gasteiger partial charge in [0.1, 0.15) is 0 Å². The summed E-state index contributed by atoms with van der Waals surface area (Å²) in [6, 6.07) is 7.62. The molecule has 2 rings (SSSR count). The highest BCUT2D eigenvalue weighted by molar-refractivity contribution is 6.65. The molecule has 86 valence electrons. The van der Waals surface area contributed by atoms with Crippen LogP contribution in [0.5, 0.6) is 0 Å². The predicted molar refractivity (Wildman–Crippen MR) is 67.2 cm³/mol. The van der Waals surface area contributed by atoms with E-state index in [1.165, 1.54) is 0 Å². The van der Waals surface area contributed by atoms with Crippen LogP contribution in [0.4, 0.5) is 0 Å². The molecule has 1 saturated heterocycles. The molecule has 0 unspecified atom stereocenters. The molecule has 0 aliphatic carbocycles. The Balaban J connectivity index is 2.31. The van der Waals surface area contributed by atoms with Gasteiger partial charge in [-0.3, -0.25) is 0 Å². The zero-order valence-corrected chi connectivity index (χ0v) is 10.8. The molecule has 0 atom stereocenters. The molecule has 0 spiro atoms. The second-order valence-corrected chi connectivity index (χ2v) is 5.52. The summed E-state index contributed by atoms with van der Waals surface area (Å²) in [6.45, 7) is 8.13. The van der Waals surface area contributed by atoms with Crippen molar-refractivity contribution >= 4 is 24.2 Å². The molecular weight excluding hydrogens is 222 g/mol. The lowest BCUT2D eigenvalue weighted by atomic mass is 9.79. The zero-order chi connectivity index (χ0) is 12.0. The van der Waals surface area contributed by atoms with Gasteiger partial charge in [0, 0.05) is 10.5 Å². The fourth-order valence-corrected chi connectivity index (χ4v) is 1.86. The van der Waals surface area contributed by atoms with E-state index >= 15 is 0 Å². The van der Waals surface area contributed by atoms with Gasteiger partial charge in [-0.05, 0) is 33.8 Å². The van der Waals surface area contributed by atoms with Gasteiger partial charge in [-0.15, -0.1) is 0 Å². The van der Waals surface area contributed by atoms with Crippen molar-refractivity contribution in [2.75, 3.05) is 0 Å². The van der Waals surface area contributed by atoms with Crippen LogP contribution in [-0.2, 0) is 9.31 Å². The largest absolute Gasteiger partial charge is 0.496 e. The summed E-state index contributed by atoms with van der Waals surface area (Å²) < 4.78 is 11.8. The van der Waals surface area contributed by atoms with Crippen molar-refractivity contribution in [2.24, 2.45) is 0 Å². The topological polar surface area (TPSA) is 18.5 Å². The highest BCUT2D eigenvalue weighted by Crippen LogP contribution is 2.36. The van der Waals surface area contributed by atoms with Crippen molar-refractivity contribution < 1.29 is 9.31 Å². The zero-order valence-electron chi connectivity index (χ0n) is 10.1. The van der Waals surface area contributed by atoms with Crippen LogP contribution >= 0.6 is 11.6 Å². The Bertz CT molecular complexity index is 388. The molecule has 1 aliphatic heterocycles. The molecule has 0 aromatic heterocycles. The monoisotopic (exact) mass is 238 g/mol. The van der Waals surface area contributed by atoms with Gasteiger partial charge in [0.15, 0.2) is 0 Å². The van der Waals surface area contributed by atoms with E-state index in [9.17, 15) is 0 Å². The van der Waals surface area contributed by atoms with Crippen LogP contribution in [0.1, 0.15) is 27.7 Å². The second-order valence-electron chi connectivity index (χ2n) is 5.11. The molecule has 0 radical (unpaired) electrons.